The van der Waals surface area contributed by atoms with Crippen LogP contribution in [0.1, 0.15) is 33.3 Å². The Balaban J connectivity index is 1.64. The van der Waals surface area contributed by atoms with Gasteiger partial charge in [0.15, 0.2) is 9.84 Å². The minimum Gasteiger partial charge on any atom is -0.338 e. The summed E-state index contributed by atoms with van der Waals surface area (Å²) in [7, 11) is -1.73. The molecule has 34 heavy (non-hydrogen) atoms. The Morgan fingerprint density at radius 3 is 2.50 bits per heavy atom. The van der Waals surface area contributed by atoms with Crippen molar-refractivity contribution in [1.82, 2.24) is 9.97 Å². The maximum atomic E-state index is 12.8. The zero-order valence-electron chi connectivity index (χ0n) is 19.5. The van der Waals surface area contributed by atoms with Gasteiger partial charge in [0.1, 0.15) is 5.82 Å². The van der Waals surface area contributed by atoms with Crippen molar-refractivity contribution in [3.63, 3.8) is 0 Å². The van der Waals surface area contributed by atoms with E-state index < -0.39 is 20.5 Å². The van der Waals surface area contributed by atoms with Gasteiger partial charge in [0.05, 0.1) is 25.7 Å². The fourth-order valence-corrected chi connectivity index (χ4v) is 5.39. The SMILES string of the molecule is CC(C)S(=O)(=O)c1ccccc1Nc1nc(Nc2ccc3c(c2)N(C)C(=O)C3(C)C)ncc1Br. The van der Waals surface area contributed by atoms with E-state index in [9.17, 15) is 13.2 Å². The molecule has 0 saturated carbocycles. The normalized spacial score (nSPS) is 14.9. The molecule has 1 amide bonds. The van der Waals surface area contributed by atoms with Crippen molar-refractivity contribution in [3.05, 3.63) is 58.7 Å². The average molecular weight is 544 g/mol. The van der Waals surface area contributed by atoms with Crippen LogP contribution < -0.4 is 15.5 Å². The van der Waals surface area contributed by atoms with Crippen LogP contribution in [0.3, 0.4) is 0 Å². The number of halogens is 1. The van der Waals surface area contributed by atoms with Crippen LogP contribution in [0.15, 0.2) is 58.0 Å². The molecule has 0 bridgehead atoms. The third-order valence-electron chi connectivity index (χ3n) is 5.94. The van der Waals surface area contributed by atoms with Crippen LogP contribution >= 0.6 is 15.9 Å². The maximum absolute atomic E-state index is 12.8. The highest BCUT2D eigenvalue weighted by Gasteiger charge is 2.42. The largest absolute Gasteiger partial charge is 0.338 e. The topological polar surface area (TPSA) is 104 Å². The Kier molecular flexibility index (Phi) is 6.15. The lowest BCUT2D eigenvalue weighted by atomic mass is 9.86. The van der Waals surface area contributed by atoms with Crippen molar-refractivity contribution >= 4 is 60.5 Å². The lowest BCUT2D eigenvalue weighted by Crippen LogP contribution is -2.33. The van der Waals surface area contributed by atoms with Gasteiger partial charge in [-0.1, -0.05) is 18.2 Å². The smallest absolute Gasteiger partial charge is 0.236 e. The molecule has 0 atom stereocenters. The van der Waals surface area contributed by atoms with Crippen LogP contribution in [-0.4, -0.2) is 36.6 Å². The van der Waals surface area contributed by atoms with E-state index in [1.165, 1.54) is 0 Å². The van der Waals surface area contributed by atoms with Crippen LogP contribution in [0, 0.1) is 0 Å². The molecule has 0 spiro atoms. The second kappa shape index (κ2) is 8.66. The predicted molar refractivity (Wildman–Crippen MR) is 138 cm³/mol. The number of rotatable bonds is 6. The number of benzene rings is 2. The number of carbonyl (C=O) groups is 1. The molecule has 1 aliphatic rings. The zero-order valence-corrected chi connectivity index (χ0v) is 22.0. The number of carbonyl (C=O) groups excluding carboxylic acids is 1. The number of hydrogen-bond donors (Lipinski definition) is 2. The van der Waals surface area contributed by atoms with Crippen LogP contribution in [0.4, 0.5) is 28.8 Å². The van der Waals surface area contributed by atoms with Gasteiger partial charge in [-0.15, -0.1) is 0 Å². The Hall–Kier alpha value is -2.98. The molecule has 10 heteroatoms. The molecule has 2 heterocycles. The molecule has 0 fully saturated rings. The van der Waals surface area contributed by atoms with Gasteiger partial charge in [-0.25, -0.2) is 13.4 Å². The summed E-state index contributed by atoms with van der Waals surface area (Å²) in [5.41, 5.74) is 2.39. The molecule has 0 unspecified atom stereocenters. The van der Waals surface area contributed by atoms with E-state index in [-0.39, 0.29) is 10.8 Å². The third kappa shape index (κ3) is 4.16. The summed E-state index contributed by atoms with van der Waals surface area (Å²) in [5, 5.41) is 5.74. The first-order valence-electron chi connectivity index (χ1n) is 10.7. The minimum atomic E-state index is -3.49. The summed E-state index contributed by atoms with van der Waals surface area (Å²) in [5.74, 6) is 0.778. The van der Waals surface area contributed by atoms with Crippen LogP contribution in [0.2, 0.25) is 0 Å². The Labute approximate surface area is 207 Å². The molecular formula is C24H26BrN5O3S. The fourth-order valence-electron chi connectivity index (χ4n) is 3.90. The lowest BCUT2D eigenvalue weighted by molar-refractivity contribution is -0.121. The highest BCUT2D eigenvalue weighted by molar-refractivity contribution is 9.10. The van der Waals surface area contributed by atoms with Crippen molar-refractivity contribution in [2.75, 3.05) is 22.6 Å². The first-order valence-corrected chi connectivity index (χ1v) is 13.1. The van der Waals surface area contributed by atoms with Crippen molar-refractivity contribution in [3.8, 4) is 0 Å². The van der Waals surface area contributed by atoms with Gasteiger partial charge in [-0.2, -0.15) is 4.98 Å². The van der Waals surface area contributed by atoms with Crippen molar-refractivity contribution in [2.45, 2.75) is 43.3 Å². The maximum Gasteiger partial charge on any atom is 0.236 e. The van der Waals surface area contributed by atoms with E-state index in [2.05, 4.69) is 36.5 Å². The van der Waals surface area contributed by atoms with E-state index in [4.69, 9.17) is 0 Å². The van der Waals surface area contributed by atoms with Gasteiger partial charge in [0, 0.05) is 24.6 Å². The Morgan fingerprint density at radius 1 is 1.09 bits per heavy atom. The summed E-state index contributed by atoms with van der Waals surface area (Å²) in [4.78, 5) is 23.3. The molecule has 3 aromatic rings. The quantitative estimate of drug-likeness (QED) is 0.442. The van der Waals surface area contributed by atoms with Crippen LogP contribution in [-0.2, 0) is 20.0 Å². The van der Waals surface area contributed by atoms with E-state index in [1.807, 2.05) is 32.0 Å². The van der Waals surface area contributed by atoms with Crippen molar-refractivity contribution in [1.29, 1.82) is 0 Å². The molecular weight excluding hydrogens is 518 g/mol. The monoisotopic (exact) mass is 543 g/mol. The number of fused-ring (bicyclic) bond motifs is 1. The molecule has 8 nitrogen and oxygen atoms in total. The van der Waals surface area contributed by atoms with Gasteiger partial charge in [0.25, 0.3) is 0 Å². The van der Waals surface area contributed by atoms with Crippen molar-refractivity contribution in [2.24, 2.45) is 0 Å². The van der Waals surface area contributed by atoms with Gasteiger partial charge < -0.3 is 15.5 Å². The van der Waals surface area contributed by atoms with E-state index in [0.29, 0.717) is 21.9 Å². The molecule has 2 aromatic carbocycles. The number of aromatic nitrogens is 2. The number of amides is 1. The zero-order chi connectivity index (χ0) is 24.8. The fraction of sp³-hybridized carbons (Fsp3) is 0.292. The lowest BCUT2D eigenvalue weighted by Gasteiger charge is -2.16. The second-order valence-corrected chi connectivity index (χ2v) is 12.3. The van der Waals surface area contributed by atoms with Gasteiger partial charge in [0.2, 0.25) is 11.9 Å². The third-order valence-corrected chi connectivity index (χ3v) is 8.73. The molecule has 1 aromatic heterocycles. The minimum absolute atomic E-state index is 0.0426. The molecule has 0 aliphatic carbocycles. The van der Waals surface area contributed by atoms with Gasteiger partial charge in [-0.05, 0) is 73.5 Å². The molecule has 1 aliphatic heterocycles. The molecule has 178 valence electrons. The number of nitrogens with zero attached hydrogens (tertiary/aromatic N) is 3. The summed E-state index contributed by atoms with van der Waals surface area (Å²) in [6.07, 6.45) is 1.59. The average Bonchev–Trinajstić information content (AvgIpc) is 2.96. The highest BCUT2D eigenvalue weighted by Crippen LogP contribution is 2.42. The molecule has 0 saturated heterocycles. The van der Waals surface area contributed by atoms with E-state index in [1.54, 1.807) is 56.3 Å². The molecule has 4 rings (SSSR count). The summed E-state index contributed by atoms with van der Waals surface area (Å²) >= 11 is 3.44. The predicted octanol–water partition coefficient (Wildman–Crippen LogP) is 5.16. The first kappa shape index (κ1) is 24.2. The first-order chi connectivity index (χ1) is 15.9. The summed E-state index contributed by atoms with van der Waals surface area (Å²) < 4.78 is 26.2. The number of para-hydroxylation sites is 1. The van der Waals surface area contributed by atoms with Gasteiger partial charge >= 0.3 is 0 Å². The van der Waals surface area contributed by atoms with Crippen LogP contribution in [0.25, 0.3) is 0 Å². The number of sulfone groups is 1. The summed E-state index contributed by atoms with van der Waals surface area (Å²) in [6, 6.07) is 12.5. The van der Waals surface area contributed by atoms with Crippen LogP contribution in [0.5, 0.6) is 0 Å². The van der Waals surface area contributed by atoms with Gasteiger partial charge in [-0.3, -0.25) is 4.79 Å². The number of likely N-dealkylation sites (N-methyl/N-ethyl adjacent to an activating group) is 1. The number of anilines is 5. The molecule has 2 N–H and O–H groups in total. The standard InChI is InChI=1S/C24H26BrN5O3S/c1-14(2)34(32,33)20-9-7-6-8-18(20)28-21-17(25)13-26-23(29-21)27-15-10-11-16-19(12-15)30(5)22(31)24(16,3)4/h6-14H,1-5H3,(H2,26,27,28,29). The Bertz CT molecular complexity index is 1390. The highest BCUT2D eigenvalue weighted by atomic mass is 79.9. The number of hydrogen-bond acceptors (Lipinski definition) is 7. The number of nitrogens with one attached hydrogen (secondary N) is 2. The van der Waals surface area contributed by atoms with Crippen molar-refractivity contribution < 1.29 is 13.2 Å². The van der Waals surface area contributed by atoms with E-state index >= 15 is 0 Å². The van der Waals surface area contributed by atoms with E-state index in [0.717, 1.165) is 16.9 Å². The summed E-state index contributed by atoms with van der Waals surface area (Å²) in [6.45, 7) is 7.13. The molecule has 0 radical (unpaired) electrons. The Morgan fingerprint density at radius 2 is 1.79 bits per heavy atom. The second-order valence-electron chi connectivity index (χ2n) is 8.95.